The fourth-order valence-electron chi connectivity index (χ4n) is 2.22. The van der Waals surface area contributed by atoms with E-state index < -0.39 is 30.8 Å². The molecule has 3 N–H and O–H groups in total. The van der Waals surface area contributed by atoms with E-state index in [0.29, 0.717) is 16.9 Å². The molecule has 8 heteroatoms. The van der Waals surface area contributed by atoms with Crippen LogP contribution in [0.5, 0.6) is 0 Å². The van der Waals surface area contributed by atoms with Gasteiger partial charge < -0.3 is 10.6 Å². The van der Waals surface area contributed by atoms with Crippen molar-refractivity contribution in [3.63, 3.8) is 0 Å². The minimum atomic E-state index is -2.85. The number of alkyl halides is 2. The maximum absolute atomic E-state index is 13.1. The molecule has 1 aromatic rings. The van der Waals surface area contributed by atoms with Crippen LogP contribution in [0.2, 0.25) is 0 Å². The van der Waals surface area contributed by atoms with E-state index in [1.165, 1.54) is 6.92 Å². The van der Waals surface area contributed by atoms with Gasteiger partial charge in [-0.2, -0.15) is 0 Å². The Morgan fingerprint density at radius 3 is 2.36 bits per heavy atom. The number of nitrogens with one attached hydrogen (secondary N) is 3. The Labute approximate surface area is 133 Å². The van der Waals surface area contributed by atoms with Crippen LogP contribution in [0.4, 0.5) is 20.2 Å². The largest absolute Gasteiger partial charge is 0.326 e. The Hall–Kier alpha value is -1.73. The average Bonchev–Trinajstić information content (AvgIpc) is 2.74. The Balaban J connectivity index is 0.00000242. The summed E-state index contributed by atoms with van der Waals surface area (Å²) in [5.74, 6) is -3.58. The summed E-state index contributed by atoms with van der Waals surface area (Å²) in [6, 6.07) is 4.12. The Morgan fingerprint density at radius 1 is 1.27 bits per heavy atom. The summed E-state index contributed by atoms with van der Waals surface area (Å²) in [4.78, 5) is 23.1. The molecule has 0 spiro atoms. The highest BCUT2D eigenvalue weighted by molar-refractivity contribution is 5.97. The van der Waals surface area contributed by atoms with Crippen molar-refractivity contribution in [2.45, 2.75) is 32.2 Å². The lowest BCUT2D eigenvalue weighted by molar-refractivity contribution is -0.118. The van der Waals surface area contributed by atoms with Gasteiger partial charge in [-0.3, -0.25) is 14.9 Å². The van der Waals surface area contributed by atoms with Crippen molar-refractivity contribution in [2.24, 2.45) is 0 Å². The first-order chi connectivity index (χ1) is 9.78. The van der Waals surface area contributed by atoms with Gasteiger partial charge in [0.1, 0.15) is 0 Å². The first-order valence-corrected chi connectivity index (χ1v) is 6.58. The summed E-state index contributed by atoms with van der Waals surface area (Å²) in [6.07, 6.45) is -0.511. The highest BCUT2D eigenvalue weighted by Gasteiger charge is 2.42. The van der Waals surface area contributed by atoms with E-state index in [9.17, 15) is 18.4 Å². The molecule has 1 unspecified atom stereocenters. The number of hydrogen-bond donors (Lipinski definition) is 3. The van der Waals surface area contributed by atoms with Gasteiger partial charge in [-0.1, -0.05) is 6.07 Å². The van der Waals surface area contributed by atoms with Crippen LogP contribution < -0.4 is 16.0 Å². The number of carbonyl (C=O) groups is 2. The van der Waals surface area contributed by atoms with Crippen molar-refractivity contribution < 1.29 is 18.4 Å². The third kappa shape index (κ3) is 4.38. The van der Waals surface area contributed by atoms with Crippen molar-refractivity contribution in [2.75, 3.05) is 17.2 Å². The van der Waals surface area contributed by atoms with Crippen LogP contribution in [0.25, 0.3) is 0 Å². The van der Waals surface area contributed by atoms with E-state index in [0.717, 1.165) is 0 Å². The molecule has 1 aliphatic rings. The highest BCUT2D eigenvalue weighted by Crippen LogP contribution is 2.27. The number of carbonyl (C=O) groups excluding carboxylic acids is 2. The fourth-order valence-corrected chi connectivity index (χ4v) is 2.22. The van der Waals surface area contributed by atoms with Crippen LogP contribution in [0.15, 0.2) is 18.2 Å². The van der Waals surface area contributed by atoms with E-state index in [1.54, 1.807) is 25.1 Å². The second kappa shape index (κ2) is 7.02. The number of anilines is 2. The minimum absolute atomic E-state index is 0. The Kier molecular flexibility index (Phi) is 5.85. The van der Waals surface area contributed by atoms with E-state index in [2.05, 4.69) is 16.0 Å². The molecule has 2 rings (SSSR count). The highest BCUT2D eigenvalue weighted by atomic mass is 35.5. The molecule has 122 valence electrons. The van der Waals surface area contributed by atoms with Gasteiger partial charge >= 0.3 is 0 Å². The standard InChI is InChI=1S/C14H17F2N3O2.ClH/c1-8-10(18-9(2)20)4-3-5-11(8)19-13(21)12-6-14(15,16)7-17-12;/h3-5,12,17H,6-7H2,1-2H3,(H,18,20)(H,19,21);1H. The lowest BCUT2D eigenvalue weighted by Gasteiger charge is -2.15. The number of rotatable bonds is 3. The number of amides is 2. The van der Waals surface area contributed by atoms with Crippen LogP contribution in [-0.4, -0.2) is 30.3 Å². The van der Waals surface area contributed by atoms with E-state index in [4.69, 9.17) is 0 Å². The van der Waals surface area contributed by atoms with Gasteiger partial charge in [-0.25, -0.2) is 8.78 Å². The van der Waals surface area contributed by atoms with Crippen molar-refractivity contribution in [1.29, 1.82) is 0 Å². The molecule has 1 fully saturated rings. The van der Waals surface area contributed by atoms with Crippen LogP contribution in [0.3, 0.4) is 0 Å². The SMILES string of the molecule is CC(=O)Nc1cccc(NC(=O)C2CC(F)(F)CN2)c1C.Cl. The third-order valence-electron chi connectivity index (χ3n) is 3.33. The van der Waals surface area contributed by atoms with Gasteiger partial charge in [0.05, 0.1) is 12.6 Å². The van der Waals surface area contributed by atoms with Gasteiger partial charge in [-0.15, -0.1) is 12.4 Å². The second-order valence-corrected chi connectivity index (χ2v) is 5.14. The topological polar surface area (TPSA) is 70.2 Å². The van der Waals surface area contributed by atoms with Crippen LogP contribution >= 0.6 is 12.4 Å². The Bertz CT molecular complexity index is 581. The summed E-state index contributed by atoms with van der Waals surface area (Å²) >= 11 is 0. The van der Waals surface area contributed by atoms with E-state index in [-0.39, 0.29) is 18.3 Å². The predicted molar refractivity (Wildman–Crippen MR) is 82.7 cm³/mol. The van der Waals surface area contributed by atoms with Gasteiger partial charge in [0.2, 0.25) is 11.8 Å². The molecular weight excluding hydrogens is 316 g/mol. The van der Waals surface area contributed by atoms with Crippen LogP contribution in [0.1, 0.15) is 18.9 Å². The summed E-state index contributed by atoms with van der Waals surface area (Å²) in [7, 11) is 0. The first kappa shape index (κ1) is 18.3. The Morgan fingerprint density at radius 2 is 1.86 bits per heavy atom. The normalized spacial score (nSPS) is 19.2. The number of halogens is 3. The van der Waals surface area contributed by atoms with Gasteiger partial charge in [0, 0.05) is 24.7 Å². The molecule has 0 aromatic heterocycles. The molecule has 2 amide bonds. The summed E-state index contributed by atoms with van der Waals surface area (Å²) in [5, 5.41) is 7.76. The van der Waals surface area contributed by atoms with E-state index >= 15 is 0 Å². The average molecular weight is 334 g/mol. The van der Waals surface area contributed by atoms with E-state index in [1.807, 2.05) is 0 Å². The molecule has 1 aliphatic heterocycles. The smallest absolute Gasteiger partial charge is 0.262 e. The van der Waals surface area contributed by atoms with Crippen LogP contribution in [0, 0.1) is 6.92 Å². The third-order valence-corrected chi connectivity index (χ3v) is 3.33. The first-order valence-electron chi connectivity index (χ1n) is 6.58. The zero-order valence-electron chi connectivity index (χ0n) is 12.2. The molecule has 0 radical (unpaired) electrons. The molecule has 0 saturated carbocycles. The van der Waals surface area contributed by atoms with Gasteiger partial charge in [0.15, 0.2) is 0 Å². The minimum Gasteiger partial charge on any atom is -0.326 e. The van der Waals surface area contributed by atoms with Crippen molar-refractivity contribution in [3.05, 3.63) is 23.8 Å². The predicted octanol–water partition coefficient (Wildman–Crippen LogP) is 2.31. The monoisotopic (exact) mass is 333 g/mol. The molecule has 5 nitrogen and oxygen atoms in total. The molecule has 1 aromatic carbocycles. The quantitative estimate of drug-likeness (QED) is 0.795. The summed E-state index contributed by atoms with van der Waals surface area (Å²) < 4.78 is 26.2. The van der Waals surface area contributed by atoms with Crippen molar-refractivity contribution >= 4 is 35.6 Å². The molecule has 1 atom stereocenters. The summed E-state index contributed by atoms with van der Waals surface area (Å²) in [6.45, 7) is 2.63. The molecule has 0 bridgehead atoms. The molecule has 1 heterocycles. The number of benzene rings is 1. The maximum Gasteiger partial charge on any atom is 0.262 e. The summed E-state index contributed by atoms with van der Waals surface area (Å²) in [5.41, 5.74) is 1.74. The number of hydrogen-bond acceptors (Lipinski definition) is 3. The van der Waals surface area contributed by atoms with Crippen molar-refractivity contribution in [1.82, 2.24) is 5.32 Å². The molecule has 0 aliphatic carbocycles. The lowest BCUT2D eigenvalue weighted by atomic mass is 10.1. The van der Waals surface area contributed by atoms with Gasteiger partial charge in [-0.05, 0) is 24.6 Å². The second-order valence-electron chi connectivity index (χ2n) is 5.14. The molecule has 22 heavy (non-hydrogen) atoms. The van der Waals surface area contributed by atoms with Crippen LogP contribution in [-0.2, 0) is 9.59 Å². The molecular formula is C14H18ClF2N3O2. The van der Waals surface area contributed by atoms with Crippen molar-refractivity contribution in [3.8, 4) is 0 Å². The fraction of sp³-hybridized carbons (Fsp3) is 0.429. The molecule has 1 saturated heterocycles. The van der Waals surface area contributed by atoms with Gasteiger partial charge in [0.25, 0.3) is 5.92 Å². The zero-order chi connectivity index (χ0) is 15.6. The zero-order valence-corrected chi connectivity index (χ0v) is 13.0. The lowest BCUT2D eigenvalue weighted by Crippen LogP contribution is -2.35. The maximum atomic E-state index is 13.1.